The second-order valence-corrected chi connectivity index (χ2v) is 4.13. The van der Waals surface area contributed by atoms with Gasteiger partial charge in [0.05, 0.1) is 5.69 Å². The summed E-state index contributed by atoms with van der Waals surface area (Å²) in [5.74, 6) is 0.620. The number of hydrogen-bond donors (Lipinski definition) is 0. The van der Waals surface area contributed by atoms with Crippen molar-refractivity contribution in [2.45, 2.75) is 52.5 Å². The summed E-state index contributed by atoms with van der Waals surface area (Å²) in [6.07, 6.45) is 3.76. The Kier molecular flexibility index (Phi) is 2.14. The zero-order valence-corrected chi connectivity index (χ0v) is 8.80. The van der Waals surface area contributed by atoms with Crippen LogP contribution in [0.2, 0.25) is 0 Å². The van der Waals surface area contributed by atoms with Crippen molar-refractivity contribution in [3.63, 3.8) is 0 Å². The monoisotopic (exact) mass is 178 g/mol. The fourth-order valence-corrected chi connectivity index (χ4v) is 2.36. The van der Waals surface area contributed by atoms with Crippen LogP contribution in [-0.4, -0.2) is 9.78 Å². The van der Waals surface area contributed by atoms with E-state index < -0.39 is 0 Å². The molecular formula is C11H18N2. The zero-order valence-electron chi connectivity index (χ0n) is 8.80. The first kappa shape index (κ1) is 8.79. The fraction of sp³-hybridized carbons (Fsp3) is 0.727. The van der Waals surface area contributed by atoms with Gasteiger partial charge in [0.25, 0.3) is 0 Å². The molecule has 2 heteroatoms. The zero-order chi connectivity index (χ0) is 9.42. The highest BCUT2D eigenvalue weighted by Crippen LogP contribution is 2.29. The van der Waals surface area contributed by atoms with Crippen LogP contribution in [0.5, 0.6) is 0 Å². The molecule has 0 saturated carbocycles. The van der Waals surface area contributed by atoms with Gasteiger partial charge in [0, 0.05) is 12.2 Å². The van der Waals surface area contributed by atoms with Gasteiger partial charge in [-0.2, -0.15) is 5.10 Å². The average Bonchev–Trinajstić information content (AvgIpc) is 2.59. The summed E-state index contributed by atoms with van der Waals surface area (Å²) in [5.41, 5.74) is 4.40. The van der Waals surface area contributed by atoms with Gasteiger partial charge >= 0.3 is 0 Å². The Labute approximate surface area is 80.0 Å². The maximum absolute atomic E-state index is 4.65. The smallest absolute Gasteiger partial charge is 0.0659 e. The van der Waals surface area contributed by atoms with Gasteiger partial charge in [-0.15, -0.1) is 0 Å². The molecule has 1 aliphatic rings. The van der Waals surface area contributed by atoms with Crippen LogP contribution in [0.25, 0.3) is 0 Å². The number of hydrogen-bond acceptors (Lipinski definition) is 1. The van der Waals surface area contributed by atoms with Crippen molar-refractivity contribution in [2.24, 2.45) is 0 Å². The van der Waals surface area contributed by atoms with E-state index >= 15 is 0 Å². The van der Waals surface area contributed by atoms with Crippen LogP contribution in [0.15, 0.2) is 0 Å². The minimum absolute atomic E-state index is 0.620. The van der Waals surface area contributed by atoms with E-state index in [4.69, 9.17) is 0 Å². The topological polar surface area (TPSA) is 17.8 Å². The first-order chi connectivity index (χ1) is 6.24. The van der Waals surface area contributed by atoms with E-state index in [9.17, 15) is 0 Å². The highest BCUT2D eigenvalue weighted by molar-refractivity contribution is 5.32. The normalized spacial score (nSPS) is 15.4. The lowest BCUT2D eigenvalue weighted by Gasteiger charge is -2.10. The molecule has 1 aromatic heterocycles. The molecular weight excluding hydrogens is 160 g/mol. The van der Waals surface area contributed by atoms with Crippen molar-refractivity contribution in [3.05, 3.63) is 17.0 Å². The average molecular weight is 178 g/mol. The molecule has 1 aliphatic carbocycles. The predicted octanol–water partition coefficient (Wildman–Crippen LogP) is 2.52. The fourth-order valence-electron chi connectivity index (χ4n) is 2.36. The molecule has 0 bridgehead atoms. The third-order valence-electron chi connectivity index (χ3n) is 2.86. The molecule has 13 heavy (non-hydrogen) atoms. The molecule has 0 aromatic carbocycles. The van der Waals surface area contributed by atoms with Crippen LogP contribution < -0.4 is 0 Å². The van der Waals surface area contributed by atoms with Crippen molar-refractivity contribution in [2.75, 3.05) is 0 Å². The van der Waals surface area contributed by atoms with Crippen LogP contribution in [0.3, 0.4) is 0 Å². The molecule has 72 valence electrons. The molecule has 0 atom stereocenters. The van der Waals surface area contributed by atoms with Crippen LogP contribution in [0.4, 0.5) is 0 Å². The molecule has 0 amide bonds. The highest BCUT2D eigenvalue weighted by atomic mass is 15.3. The van der Waals surface area contributed by atoms with E-state index in [0.29, 0.717) is 5.92 Å². The lowest BCUT2D eigenvalue weighted by atomic mass is 10.0. The summed E-state index contributed by atoms with van der Waals surface area (Å²) >= 11 is 0. The lowest BCUT2D eigenvalue weighted by molar-refractivity contribution is 0.582. The standard InChI is InChI=1S/C11H18N2/c1-4-13-11(8(2)3)9-6-5-7-10(9)12-13/h8H,4-7H2,1-3H3. The number of fused-ring (bicyclic) bond motifs is 1. The molecule has 0 unspecified atom stereocenters. The third kappa shape index (κ3) is 1.28. The summed E-state index contributed by atoms with van der Waals surface area (Å²) in [4.78, 5) is 0. The van der Waals surface area contributed by atoms with Gasteiger partial charge < -0.3 is 0 Å². The van der Waals surface area contributed by atoms with Crippen molar-refractivity contribution < 1.29 is 0 Å². The maximum Gasteiger partial charge on any atom is 0.0659 e. The molecule has 0 aliphatic heterocycles. The quantitative estimate of drug-likeness (QED) is 0.680. The molecule has 0 spiro atoms. The van der Waals surface area contributed by atoms with E-state index in [2.05, 4.69) is 30.6 Å². The molecule has 2 nitrogen and oxygen atoms in total. The van der Waals surface area contributed by atoms with Gasteiger partial charge in [0.2, 0.25) is 0 Å². The summed E-state index contributed by atoms with van der Waals surface area (Å²) in [6, 6.07) is 0. The largest absolute Gasteiger partial charge is 0.269 e. The molecule has 1 aromatic rings. The Hall–Kier alpha value is -0.790. The number of aromatic nitrogens is 2. The molecule has 1 heterocycles. The maximum atomic E-state index is 4.65. The Bertz CT molecular complexity index is 310. The van der Waals surface area contributed by atoms with E-state index in [1.807, 2.05) is 0 Å². The van der Waals surface area contributed by atoms with Crippen LogP contribution in [0, 0.1) is 0 Å². The summed E-state index contributed by atoms with van der Waals surface area (Å²) in [7, 11) is 0. The van der Waals surface area contributed by atoms with E-state index in [1.165, 1.54) is 30.7 Å². The van der Waals surface area contributed by atoms with Gasteiger partial charge in [0.15, 0.2) is 0 Å². The highest BCUT2D eigenvalue weighted by Gasteiger charge is 2.22. The van der Waals surface area contributed by atoms with Crippen molar-refractivity contribution in [1.82, 2.24) is 9.78 Å². The van der Waals surface area contributed by atoms with Gasteiger partial charge in [-0.05, 0) is 37.7 Å². The molecule has 0 fully saturated rings. The second-order valence-electron chi connectivity index (χ2n) is 4.13. The van der Waals surface area contributed by atoms with Crippen molar-refractivity contribution >= 4 is 0 Å². The number of rotatable bonds is 2. The summed E-state index contributed by atoms with van der Waals surface area (Å²) < 4.78 is 2.19. The van der Waals surface area contributed by atoms with Gasteiger partial charge in [-0.3, -0.25) is 4.68 Å². The Morgan fingerprint density at radius 1 is 1.38 bits per heavy atom. The van der Waals surface area contributed by atoms with E-state index in [0.717, 1.165) is 6.54 Å². The van der Waals surface area contributed by atoms with Gasteiger partial charge in [-0.1, -0.05) is 13.8 Å². The Morgan fingerprint density at radius 2 is 2.15 bits per heavy atom. The van der Waals surface area contributed by atoms with Crippen LogP contribution in [-0.2, 0) is 19.4 Å². The van der Waals surface area contributed by atoms with Gasteiger partial charge in [0.1, 0.15) is 0 Å². The Balaban J connectivity index is 2.49. The minimum Gasteiger partial charge on any atom is -0.269 e. The minimum atomic E-state index is 0.620. The summed E-state index contributed by atoms with van der Waals surface area (Å²) in [6.45, 7) is 7.72. The lowest BCUT2D eigenvalue weighted by Crippen LogP contribution is -2.06. The third-order valence-corrected chi connectivity index (χ3v) is 2.86. The van der Waals surface area contributed by atoms with Crippen molar-refractivity contribution in [3.8, 4) is 0 Å². The molecule has 0 saturated heterocycles. The van der Waals surface area contributed by atoms with Gasteiger partial charge in [-0.25, -0.2) is 0 Å². The van der Waals surface area contributed by atoms with Crippen molar-refractivity contribution in [1.29, 1.82) is 0 Å². The van der Waals surface area contributed by atoms with Crippen LogP contribution in [0.1, 0.15) is 50.1 Å². The summed E-state index contributed by atoms with van der Waals surface area (Å²) in [5, 5.41) is 4.65. The molecule has 2 rings (SSSR count). The Morgan fingerprint density at radius 3 is 2.77 bits per heavy atom. The van der Waals surface area contributed by atoms with E-state index in [-0.39, 0.29) is 0 Å². The van der Waals surface area contributed by atoms with E-state index in [1.54, 1.807) is 5.56 Å². The molecule has 0 N–H and O–H groups in total. The predicted molar refractivity (Wildman–Crippen MR) is 54.0 cm³/mol. The first-order valence-electron chi connectivity index (χ1n) is 5.32. The molecule has 0 radical (unpaired) electrons. The SMILES string of the molecule is CCn1nc2c(c1C(C)C)CCC2. The van der Waals surface area contributed by atoms with Crippen LogP contribution >= 0.6 is 0 Å². The number of nitrogens with zero attached hydrogens (tertiary/aromatic N) is 2. The number of aryl methyl sites for hydroxylation is 2. The first-order valence-corrected chi connectivity index (χ1v) is 5.32. The second kappa shape index (κ2) is 3.17.